The number of benzene rings is 2. The topological polar surface area (TPSA) is 60.3 Å². The normalized spacial score (nSPS) is 11.9. The zero-order valence-corrected chi connectivity index (χ0v) is 17.7. The Morgan fingerprint density at radius 3 is 2.36 bits per heavy atom. The second-order valence-electron chi connectivity index (χ2n) is 7.27. The van der Waals surface area contributed by atoms with Crippen molar-refractivity contribution in [1.82, 2.24) is 4.57 Å². The van der Waals surface area contributed by atoms with Crippen molar-refractivity contribution in [2.75, 3.05) is 17.1 Å². The zero-order chi connectivity index (χ0) is 20.3. The van der Waals surface area contributed by atoms with Crippen LogP contribution in [0.1, 0.15) is 27.7 Å². The van der Waals surface area contributed by atoms with E-state index in [0.717, 1.165) is 34.5 Å². The molecule has 0 aliphatic carbocycles. The molecule has 1 heterocycles. The van der Waals surface area contributed by atoms with Gasteiger partial charge < -0.3 is 9.30 Å². The monoisotopic (exact) mass is 400 g/mol. The summed E-state index contributed by atoms with van der Waals surface area (Å²) in [6.07, 6.45) is 0. The second-order valence-corrected chi connectivity index (χ2v) is 9.28. The molecule has 6 heteroatoms. The fraction of sp³-hybridized carbons (Fsp3) is 0.364. The van der Waals surface area contributed by atoms with E-state index in [1.165, 1.54) is 0 Å². The number of sulfonamides is 1. The molecule has 0 fully saturated rings. The number of nitrogens with zero attached hydrogens (tertiary/aromatic N) is 1. The molecule has 0 saturated carbocycles. The SMILES string of the molecule is CCOc1ccc2cc(-c3ccc(NS(=O)(=O)CC)cc3)n(CC(C)C)c2c1. The van der Waals surface area contributed by atoms with Crippen LogP contribution in [0.15, 0.2) is 48.5 Å². The average Bonchev–Trinajstić information content (AvgIpc) is 3.00. The van der Waals surface area contributed by atoms with Gasteiger partial charge in [0.2, 0.25) is 10.0 Å². The highest BCUT2D eigenvalue weighted by atomic mass is 32.2. The van der Waals surface area contributed by atoms with Crippen LogP contribution in [0.4, 0.5) is 5.69 Å². The summed E-state index contributed by atoms with van der Waals surface area (Å²) >= 11 is 0. The summed E-state index contributed by atoms with van der Waals surface area (Å²) in [5.74, 6) is 1.41. The van der Waals surface area contributed by atoms with Crippen LogP contribution in [0.5, 0.6) is 5.75 Å². The van der Waals surface area contributed by atoms with Crippen molar-refractivity contribution < 1.29 is 13.2 Å². The Morgan fingerprint density at radius 2 is 1.75 bits per heavy atom. The molecule has 2 aromatic carbocycles. The molecule has 0 aliphatic rings. The van der Waals surface area contributed by atoms with Crippen molar-refractivity contribution in [3.63, 3.8) is 0 Å². The molecule has 0 unspecified atom stereocenters. The largest absolute Gasteiger partial charge is 0.494 e. The van der Waals surface area contributed by atoms with Crippen LogP contribution in [-0.2, 0) is 16.6 Å². The molecular weight excluding hydrogens is 372 g/mol. The lowest BCUT2D eigenvalue weighted by Gasteiger charge is -2.14. The summed E-state index contributed by atoms with van der Waals surface area (Å²) in [4.78, 5) is 0. The molecule has 1 aromatic heterocycles. The molecular formula is C22H28N2O3S. The molecule has 1 N–H and O–H groups in total. The minimum absolute atomic E-state index is 0.0551. The Kier molecular flexibility index (Phi) is 5.98. The van der Waals surface area contributed by atoms with Gasteiger partial charge in [-0.15, -0.1) is 0 Å². The number of hydrogen-bond donors (Lipinski definition) is 1. The first-order chi connectivity index (χ1) is 13.3. The van der Waals surface area contributed by atoms with Crippen molar-refractivity contribution in [2.24, 2.45) is 5.92 Å². The van der Waals surface area contributed by atoms with Gasteiger partial charge in [0.05, 0.1) is 17.9 Å². The number of hydrogen-bond acceptors (Lipinski definition) is 3. The van der Waals surface area contributed by atoms with Crippen LogP contribution in [0, 0.1) is 5.92 Å². The first-order valence-electron chi connectivity index (χ1n) is 9.70. The van der Waals surface area contributed by atoms with Crippen LogP contribution in [0.3, 0.4) is 0 Å². The maximum Gasteiger partial charge on any atom is 0.232 e. The van der Waals surface area contributed by atoms with E-state index >= 15 is 0 Å². The van der Waals surface area contributed by atoms with Crippen LogP contribution < -0.4 is 9.46 Å². The van der Waals surface area contributed by atoms with Crippen molar-refractivity contribution in [3.8, 4) is 17.0 Å². The summed E-state index contributed by atoms with van der Waals surface area (Å²) in [7, 11) is -3.27. The third-order valence-electron chi connectivity index (χ3n) is 4.57. The Balaban J connectivity index is 2.03. The van der Waals surface area contributed by atoms with Gasteiger partial charge in [-0.2, -0.15) is 0 Å². The van der Waals surface area contributed by atoms with E-state index < -0.39 is 10.0 Å². The zero-order valence-electron chi connectivity index (χ0n) is 16.9. The highest BCUT2D eigenvalue weighted by molar-refractivity contribution is 7.92. The predicted molar refractivity (Wildman–Crippen MR) is 116 cm³/mol. The van der Waals surface area contributed by atoms with Crippen LogP contribution in [0.25, 0.3) is 22.2 Å². The lowest BCUT2D eigenvalue weighted by molar-refractivity contribution is 0.340. The van der Waals surface area contributed by atoms with Gasteiger partial charge in [0.1, 0.15) is 5.75 Å². The van der Waals surface area contributed by atoms with E-state index in [0.29, 0.717) is 18.2 Å². The molecule has 0 radical (unpaired) electrons. The number of rotatable bonds is 8. The Morgan fingerprint density at radius 1 is 1.04 bits per heavy atom. The van der Waals surface area contributed by atoms with E-state index in [9.17, 15) is 8.42 Å². The molecule has 28 heavy (non-hydrogen) atoms. The molecule has 150 valence electrons. The minimum atomic E-state index is -3.27. The van der Waals surface area contributed by atoms with Crippen molar-refractivity contribution >= 4 is 26.6 Å². The molecule has 3 rings (SSSR count). The van der Waals surface area contributed by atoms with Gasteiger partial charge in [0, 0.05) is 29.4 Å². The van der Waals surface area contributed by atoms with Gasteiger partial charge in [0.25, 0.3) is 0 Å². The van der Waals surface area contributed by atoms with Gasteiger partial charge >= 0.3 is 0 Å². The van der Waals surface area contributed by atoms with E-state index in [-0.39, 0.29) is 5.75 Å². The highest BCUT2D eigenvalue weighted by Crippen LogP contribution is 2.32. The molecule has 3 aromatic rings. The van der Waals surface area contributed by atoms with Gasteiger partial charge in [-0.1, -0.05) is 26.0 Å². The standard InChI is InChI=1S/C22H28N2O3S/c1-5-27-20-12-9-18-13-21(24(15-16(3)4)22(18)14-20)17-7-10-19(11-8-17)23-28(25,26)6-2/h7-14,16,23H,5-6,15H2,1-4H3. The predicted octanol–water partition coefficient (Wildman–Crippen LogP) is 5.12. The fourth-order valence-electron chi connectivity index (χ4n) is 3.25. The molecule has 0 atom stereocenters. The first kappa shape index (κ1) is 20.3. The summed E-state index contributed by atoms with van der Waals surface area (Å²) < 4.78 is 34.1. The lowest BCUT2D eigenvalue weighted by atomic mass is 10.1. The third-order valence-corrected chi connectivity index (χ3v) is 5.88. The van der Waals surface area contributed by atoms with E-state index in [1.807, 2.05) is 37.3 Å². The summed E-state index contributed by atoms with van der Waals surface area (Å²) in [5.41, 5.74) is 3.89. The third kappa shape index (κ3) is 4.50. The maximum atomic E-state index is 11.8. The fourth-order valence-corrected chi connectivity index (χ4v) is 3.89. The molecule has 0 saturated heterocycles. The molecule has 0 amide bonds. The van der Waals surface area contributed by atoms with Crippen molar-refractivity contribution in [1.29, 1.82) is 0 Å². The van der Waals surface area contributed by atoms with Crippen molar-refractivity contribution in [3.05, 3.63) is 48.5 Å². The van der Waals surface area contributed by atoms with Crippen molar-refractivity contribution in [2.45, 2.75) is 34.2 Å². The van der Waals surface area contributed by atoms with Crippen LogP contribution in [0.2, 0.25) is 0 Å². The second kappa shape index (κ2) is 8.27. The number of fused-ring (bicyclic) bond motifs is 1. The van der Waals surface area contributed by atoms with Gasteiger partial charge in [-0.3, -0.25) is 4.72 Å². The number of nitrogens with one attached hydrogen (secondary N) is 1. The summed E-state index contributed by atoms with van der Waals surface area (Å²) in [6.45, 7) is 9.53. The van der Waals surface area contributed by atoms with Gasteiger partial charge in [-0.25, -0.2) is 8.42 Å². The van der Waals surface area contributed by atoms with Gasteiger partial charge in [-0.05, 0) is 55.7 Å². The van der Waals surface area contributed by atoms with E-state index in [2.05, 4.69) is 41.3 Å². The number of aromatic nitrogens is 1. The van der Waals surface area contributed by atoms with E-state index in [4.69, 9.17) is 4.74 Å². The highest BCUT2D eigenvalue weighted by Gasteiger charge is 2.14. The Bertz CT molecular complexity index is 1050. The molecule has 5 nitrogen and oxygen atoms in total. The number of anilines is 1. The van der Waals surface area contributed by atoms with Crippen LogP contribution >= 0.6 is 0 Å². The Hall–Kier alpha value is -2.47. The Labute approximate surface area is 167 Å². The van der Waals surface area contributed by atoms with Crippen LogP contribution in [-0.4, -0.2) is 25.3 Å². The number of ether oxygens (including phenoxy) is 1. The van der Waals surface area contributed by atoms with Gasteiger partial charge in [0.15, 0.2) is 0 Å². The maximum absolute atomic E-state index is 11.8. The average molecular weight is 401 g/mol. The molecule has 0 spiro atoms. The summed E-state index contributed by atoms with van der Waals surface area (Å²) in [5, 5.41) is 1.16. The lowest BCUT2D eigenvalue weighted by Crippen LogP contribution is -2.14. The summed E-state index contributed by atoms with van der Waals surface area (Å²) in [6, 6.07) is 15.9. The van der Waals surface area contributed by atoms with E-state index in [1.54, 1.807) is 6.92 Å². The molecule has 0 aliphatic heterocycles. The quantitative estimate of drug-likeness (QED) is 0.570. The smallest absolute Gasteiger partial charge is 0.232 e. The first-order valence-corrected chi connectivity index (χ1v) is 11.3. The minimum Gasteiger partial charge on any atom is -0.494 e. The molecule has 0 bridgehead atoms.